The number of ether oxygens (including phenoxy) is 1. The van der Waals surface area contributed by atoms with E-state index in [2.05, 4.69) is 9.97 Å². The minimum Gasteiger partial charge on any atom is -0.381 e. The second-order valence-electron chi connectivity index (χ2n) is 5.69. The van der Waals surface area contributed by atoms with Gasteiger partial charge in [-0.1, -0.05) is 6.42 Å². The minimum absolute atomic E-state index is 0.876. The Morgan fingerprint density at radius 3 is 3.06 bits per heavy atom. The van der Waals surface area contributed by atoms with Crippen LogP contribution in [0.1, 0.15) is 37.8 Å². The molecule has 94 valence electrons. The number of aromatic nitrogens is 2. The van der Waals surface area contributed by atoms with Gasteiger partial charge in [-0.3, -0.25) is 0 Å². The molecule has 0 saturated heterocycles. The summed E-state index contributed by atoms with van der Waals surface area (Å²) in [5, 5.41) is 0. The van der Waals surface area contributed by atoms with E-state index in [0.29, 0.717) is 0 Å². The standard InChI is InChI=1S/C14H22N2O/c1(2-14-8-15-10-16-14)5-17-9-13-7-11-3-4-12(13)6-11/h8,10-13H,1-7,9H2,(H,15,16)/t11-,12+,13-/m1/s1. The summed E-state index contributed by atoms with van der Waals surface area (Å²) < 4.78 is 5.83. The van der Waals surface area contributed by atoms with E-state index in [4.69, 9.17) is 4.74 Å². The van der Waals surface area contributed by atoms with Crippen LogP contribution in [0.5, 0.6) is 0 Å². The first-order chi connectivity index (χ1) is 8.42. The zero-order chi connectivity index (χ0) is 11.5. The molecule has 0 spiro atoms. The third kappa shape index (κ3) is 2.71. The fourth-order valence-electron chi connectivity index (χ4n) is 3.60. The fourth-order valence-corrected chi connectivity index (χ4v) is 3.60. The smallest absolute Gasteiger partial charge is 0.0921 e. The molecule has 0 aromatic carbocycles. The molecule has 1 heterocycles. The van der Waals surface area contributed by atoms with Crippen molar-refractivity contribution in [1.29, 1.82) is 0 Å². The van der Waals surface area contributed by atoms with Crippen LogP contribution in [0.4, 0.5) is 0 Å². The molecule has 3 heteroatoms. The molecule has 1 aromatic rings. The zero-order valence-corrected chi connectivity index (χ0v) is 10.4. The molecule has 0 unspecified atom stereocenters. The van der Waals surface area contributed by atoms with E-state index in [0.717, 1.165) is 43.8 Å². The van der Waals surface area contributed by atoms with Crippen molar-refractivity contribution in [2.75, 3.05) is 13.2 Å². The van der Waals surface area contributed by atoms with E-state index in [1.165, 1.54) is 31.4 Å². The molecule has 3 atom stereocenters. The number of aryl methyl sites for hydroxylation is 1. The molecule has 3 rings (SSSR count). The molecule has 0 aliphatic heterocycles. The van der Waals surface area contributed by atoms with Crippen LogP contribution in [0, 0.1) is 17.8 Å². The highest BCUT2D eigenvalue weighted by Crippen LogP contribution is 2.48. The van der Waals surface area contributed by atoms with Gasteiger partial charge in [0, 0.05) is 25.1 Å². The van der Waals surface area contributed by atoms with Crippen LogP contribution in [-0.2, 0) is 11.2 Å². The number of fused-ring (bicyclic) bond motifs is 2. The van der Waals surface area contributed by atoms with E-state index in [-0.39, 0.29) is 0 Å². The average molecular weight is 234 g/mol. The van der Waals surface area contributed by atoms with Gasteiger partial charge in [0.1, 0.15) is 0 Å². The van der Waals surface area contributed by atoms with E-state index in [1.807, 2.05) is 6.20 Å². The lowest BCUT2D eigenvalue weighted by Crippen LogP contribution is -2.17. The van der Waals surface area contributed by atoms with Crippen LogP contribution in [0.15, 0.2) is 12.5 Å². The maximum Gasteiger partial charge on any atom is 0.0921 e. The molecule has 2 saturated carbocycles. The maximum absolute atomic E-state index is 5.83. The molecule has 0 amide bonds. The number of aromatic amines is 1. The Kier molecular flexibility index (Phi) is 3.46. The van der Waals surface area contributed by atoms with Crippen molar-refractivity contribution in [3.63, 3.8) is 0 Å². The lowest BCUT2D eigenvalue weighted by atomic mass is 9.90. The van der Waals surface area contributed by atoms with Crippen molar-refractivity contribution in [1.82, 2.24) is 9.97 Å². The second kappa shape index (κ2) is 5.21. The molecule has 2 aliphatic carbocycles. The van der Waals surface area contributed by atoms with Gasteiger partial charge in [-0.15, -0.1) is 0 Å². The summed E-state index contributed by atoms with van der Waals surface area (Å²) in [6.45, 7) is 1.90. The van der Waals surface area contributed by atoms with Gasteiger partial charge in [-0.25, -0.2) is 4.98 Å². The van der Waals surface area contributed by atoms with Crippen molar-refractivity contribution >= 4 is 0 Å². The first-order valence-electron chi connectivity index (χ1n) is 6.97. The Labute approximate surface area is 103 Å². The number of nitrogens with one attached hydrogen (secondary N) is 1. The molecule has 2 fully saturated rings. The van der Waals surface area contributed by atoms with Gasteiger partial charge < -0.3 is 9.72 Å². The van der Waals surface area contributed by atoms with Gasteiger partial charge in [0.15, 0.2) is 0 Å². The summed E-state index contributed by atoms with van der Waals surface area (Å²) in [6, 6.07) is 0. The van der Waals surface area contributed by atoms with Gasteiger partial charge in [0.05, 0.1) is 6.33 Å². The first kappa shape index (κ1) is 11.3. The first-order valence-corrected chi connectivity index (χ1v) is 6.97. The van der Waals surface area contributed by atoms with Gasteiger partial charge in [0.25, 0.3) is 0 Å². The third-order valence-corrected chi connectivity index (χ3v) is 4.51. The highest BCUT2D eigenvalue weighted by Gasteiger charge is 2.39. The van der Waals surface area contributed by atoms with Crippen LogP contribution in [0.25, 0.3) is 0 Å². The highest BCUT2D eigenvalue weighted by molar-refractivity contribution is 4.93. The summed E-state index contributed by atoms with van der Waals surface area (Å²) in [5.41, 5.74) is 1.22. The van der Waals surface area contributed by atoms with Crippen LogP contribution in [0.3, 0.4) is 0 Å². The molecule has 3 nitrogen and oxygen atoms in total. The van der Waals surface area contributed by atoms with Gasteiger partial charge >= 0.3 is 0 Å². The summed E-state index contributed by atoms with van der Waals surface area (Å²) in [5.74, 6) is 2.91. The Morgan fingerprint density at radius 1 is 1.35 bits per heavy atom. The van der Waals surface area contributed by atoms with Crippen molar-refractivity contribution < 1.29 is 4.74 Å². The highest BCUT2D eigenvalue weighted by atomic mass is 16.5. The molecule has 1 aromatic heterocycles. The monoisotopic (exact) mass is 234 g/mol. The molecular formula is C14H22N2O. The van der Waals surface area contributed by atoms with Crippen molar-refractivity contribution in [3.8, 4) is 0 Å². The number of hydrogen-bond donors (Lipinski definition) is 1. The Bertz CT molecular complexity index is 336. The molecule has 2 aliphatic rings. The second-order valence-corrected chi connectivity index (χ2v) is 5.69. The number of imidazole rings is 1. The Morgan fingerprint density at radius 2 is 2.35 bits per heavy atom. The number of nitrogens with zero attached hydrogens (tertiary/aromatic N) is 1. The van der Waals surface area contributed by atoms with Gasteiger partial charge in [0.2, 0.25) is 0 Å². The molecule has 2 bridgehead atoms. The number of rotatable bonds is 6. The normalized spacial score (nSPS) is 31.2. The van der Waals surface area contributed by atoms with Crippen LogP contribution in [-0.4, -0.2) is 23.2 Å². The van der Waals surface area contributed by atoms with Crippen molar-refractivity contribution in [2.24, 2.45) is 17.8 Å². The van der Waals surface area contributed by atoms with Crippen LogP contribution >= 0.6 is 0 Å². The van der Waals surface area contributed by atoms with E-state index in [1.54, 1.807) is 6.33 Å². The van der Waals surface area contributed by atoms with Crippen molar-refractivity contribution in [3.05, 3.63) is 18.2 Å². The van der Waals surface area contributed by atoms with E-state index >= 15 is 0 Å². The SMILES string of the molecule is c1ncc(CCCOC[C@H]2C[C@@H]3CC[C@H]2C3)[nH]1. The topological polar surface area (TPSA) is 37.9 Å². The van der Waals surface area contributed by atoms with Crippen LogP contribution in [0.2, 0.25) is 0 Å². The predicted octanol–water partition coefficient (Wildman–Crippen LogP) is 2.80. The summed E-state index contributed by atoms with van der Waals surface area (Å²) in [6.07, 6.45) is 11.7. The Balaban J connectivity index is 1.28. The third-order valence-electron chi connectivity index (χ3n) is 4.51. The summed E-state index contributed by atoms with van der Waals surface area (Å²) in [7, 11) is 0. The minimum atomic E-state index is 0.876. The van der Waals surface area contributed by atoms with E-state index < -0.39 is 0 Å². The maximum atomic E-state index is 5.83. The fraction of sp³-hybridized carbons (Fsp3) is 0.786. The lowest BCUT2D eigenvalue weighted by Gasteiger charge is -2.21. The molecule has 17 heavy (non-hydrogen) atoms. The van der Waals surface area contributed by atoms with Crippen molar-refractivity contribution in [2.45, 2.75) is 38.5 Å². The molecule has 0 radical (unpaired) electrons. The predicted molar refractivity (Wildman–Crippen MR) is 66.7 cm³/mol. The van der Waals surface area contributed by atoms with E-state index in [9.17, 15) is 0 Å². The summed E-state index contributed by atoms with van der Waals surface area (Å²) >= 11 is 0. The molecule has 1 N–H and O–H groups in total. The van der Waals surface area contributed by atoms with Gasteiger partial charge in [-0.05, 0) is 49.9 Å². The number of H-pyrrole nitrogens is 1. The number of hydrogen-bond acceptors (Lipinski definition) is 2. The summed E-state index contributed by atoms with van der Waals surface area (Å²) in [4.78, 5) is 7.14. The Hall–Kier alpha value is -0.830. The zero-order valence-electron chi connectivity index (χ0n) is 10.4. The quantitative estimate of drug-likeness (QED) is 0.769. The van der Waals surface area contributed by atoms with Crippen LogP contribution < -0.4 is 0 Å². The average Bonchev–Trinajstić information content (AvgIpc) is 3.05. The largest absolute Gasteiger partial charge is 0.381 e. The van der Waals surface area contributed by atoms with Gasteiger partial charge in [-0.2, -0.15) is 0 Å². The lowest BCUT2D eigenvalue weighted by molar-refractivity contribution is 0.0771. The molecular weight excluding hydrogens is 212 g/mol.